The summed E-state index contributed by atoms with van der Waals surface area (Å²) in [6.07, 6.45) is 0. The van der Waals surface area contributed by atoms with Gasteiger partial charge in [-0.2, -0.15) is 0 Å². The third-order valence-corrected chi connectivity index (χ3v) is 5.84. The first-order valence-corrected chi connectivity index (χ1v) is 10.1. The summed E-state index contributed by atoms with van der Waals surface area (Å²) >= 11 is 7.16. The van der Waals surface area contributed by atoms with Gasteiger partial charge in [-0.3, -0.25) is 25.1 Å². The molecule has 0 bridgehead atoms. The number of ether oxygens (including phenoxy) is 1. The number of aromatic nitrogens is 1. The summed E-state index contributed by atoms with van der Waals surface area (Å²) in [6.45, 7) is 4.17. The van der Waals surface area contributed by atoms with Crippen LogP contribution in [0, 0.1) is 10.1 Å². The lowest BCUT2D eigenvalue weighted by atomic mass is 10.2. The van der Waals surface area contributed by atoms with Gasteiger partial charge in [0.15, 0.2) is 5.13 Å². The van der Waals surface area contributed by atoms with Crippen molar-refractivity contribution in [3.8, 4) is 0 Å². The molecule has 1 aliphatic heterocycles. The monoisotopic (exact) mass is 432 g/mol. The number of carbonyl (C=O) groups is 1. The number of nitrogens with zero attached hydrogens (tertiary/aromatic N) is 3. The number of carbonyl (C=O) groups excluding carboxylic acids is 1. The van der Waals surface area contributed by atoms with Gasteiger partial charge in [-0.15, -0.1) is 0 Å². The quantitative estimate of drug-likeness (QED) is 0.484. The molecule has 3 aromatic rings. The summed E-state index contributed by atoms with van der Waals surface area (Å²) in [5.74, 6) is -0.475. The first-order valence-electron chi connectivity index (χ1n) is 8.94. The normalized spacial score (nSPS) is 14.8. The average molecular weight is 433 g/mol. The number of benzene rings is 2. The molecule has 0 radical (unpaired) electrons. The molecule has 150 valence electrons. The number of hydrogen-bond acceptors (Lipinski definition) is 7. The molecule has 0 aliphatic carbocycles. The number of nitrogens with one attached hydrogen (secondary N) is 1. The van der Waals surface area contributed by atoms with Crippen LogP contribution >= 0.6 is 22.9 Å². The molecule has 2 heterocycles. The number of halogens is 1. The second-order valence-corrected chi connectivity index (χ2v) is 8.02. The number of fused-ring (bicyclic) bond motifs is 1. The van der Waals surface area contributed by atoms with E-state index in [0.717, 1.165) is 49.1 Å². The Morgan fingerprint density at radius 3 is 2.83 bits per heavy atom. The van der Waals surface area contributed by atoms with Crippen LogP contribution in [0.25, 0.3) is 10.2 Å². The van der Waals surface area contributed by atoms with E-state index >= 15 is 0 Å². The van der Waals surface area contributed by atoms with Gasteiger partial charge in [-0.25, -0.2) is 4.98 Å². The lowest BCUT2D eigenvalue weighted by Gasteiger charge is -2.26. The maximum Gasteiger partial charge on any atom is 0.288 e. The van der Waals surface area contributed by atoms with Crippen LogP contribution in [0.15, 0.2) is 36.4 Å². The predicted octanol–water partition coefficient (Wildman–Crippen LogP) is 3.94. The Kier molecular flexibility index (Phi) is 5.72. The van der Waals surface area contributed by atoms with Crippen molar-refractivity contribution in [1.29, 1.82) is 0 Å². The molecule has 1 amide bonds. The van der Waals surface area contributed by atoms with Crippen LogP contribution < -0.4 is 5.32 Å². The largest absolute Gasteiger partial charge is 0.379 e. The van der Waals surface area contributed by atoms with Gasteiger partial charge in [0.1, 0.15) is 5.02 Å². The molecule has 1 aromatic heterocycles. The highest BCUT2D eigenvalue weighted by Crippen LogP contribution is 2.29. The Labute approximate surface area is 175 Å². The second-order valence-electron chi connectivity index (χ2n) is 6.59. The molecule has 4 rings (SSSR count). The summed E-state index contributed by atoms with van der Waals surface area (Å²) in [4.78, 5) is 29.6. The van der Waals surface area contributed by atoms with E-state index in [1.165, 1.54) is 29.0 Å². The van der Waals surface area contributed by atoms with Gasteiger partial charge >= 0.3 is 0 Å². The van der Waals surface area contributed by atoms with Gasteiger partial charge in [0.2, 0.25) is 0 Å². The van der Waals surface area contributed by atoms with Crippen LogP contribution in [0.2, 0.25) is 5.02 Å². The summed E-state index contributed by atoms with van der Waals surface area (Å²) in [7, 11) is 0. The van der Waals surface area contributed by atoms with Crippen molar-refractivity contribution in [1.82, 2.24) is 9.88 Å². The van der Waals surface area contributed by atoms with Crippen molar-refractivity contribution < 1.29 is 14.5 Å². The molecule has 1 saturated heterocycles. The number of hydrogen-bond donors (Lipinski definition) is 1. The van der Waals surface area contributed by atoms with Crippen molar-refractivity contribution in [2.45, 2.75) is 6.54 Å². The van der Waals surface area contributed by atoms with Crippen LogP contribution in [0.5, 0.6) is 0 Å². The van der Waals surface area contributed by atoms with Crippen molar-refractivity contribution in [3.05, 3.63) is 62.7 Å². The first-order chi connectivity index (χ1) is 14.0. The maximum atomic E-state index is 12.5. The Bertz CT molecular complexity index is 1080. The van der Waals surface area contributed by atoms with Gasteiger partial charge < -0.3 is 4.74 Å². The van der Waals surface area contributed by atoms with Crippen molar-refractivity contribution in [2.75, 3.05) is 31.6 Å². The molecule has 1 aliphatic rings. The third kappa shape index (κ3) is 4.54. The van der Waals surface area contributed by atoms with E-state index in [1.54, 1.807) is 0 Å². The average Bonchev–Trinajstić information content (AvgIpc) is 3.10. The predicted molar refractivity (Wildman–Crippen MR) is 112 cm³/mol. The van der Waals surface area contributed by atoms with Crippen molar-refractivity contribution >= 4 is 49.9 Å². The zero-order chi connectivity index (χ0) is 20.4. The molecule has 0 unspecified atom stereocenters. The molecule has 2 aromatic carbocycles. The summed E-state index contributed by atoms with van der Waals surface area (Å²) < 4.78 is 6.34. The minimum Gasteiger partial charge on any atom is -0.379 e. The number of rotatable bonds is 5. The molecule has 8 nitrogen and oxygen atoms in total. The van der Waals surface area contributed by atoms with Crippen LogP contribution in [-0.2, 0) is 11.3 Å². The molecule has 29 heavy (non-hydrogen) atoms. The Hall–Kier alpha value is -2.59. The minimum absolute atomic E-state index is 0.0145. The fourth-order valence-corrected chi connectivity index (χ4v) is 4.21. The SMILES string of the molecule is O=C(Nc1nc2ccc(CN3CCOCC3)cc2s1)c1ccc(Cl)c([N+](=O)[O-])c1. The van der Waals surface area contributed by atoms with E-state index < -0.39 is 10.8 Å². The van der Waals surface area contributed by atoms with E-state index in [0.29, 0.717) is 5.13 Å². The van der Waals surface area contributed by atoms with E-state index in [2.05, 4.69) is 21.3 Å². The highest BCUT2D eigenvalue weighted by Gasteiger charge is 2.18. The fourth-order valence-electron chi connectivity index (χ4n) is 3.10. The second kappa shape index (κ2) is 8.42. The highest BCUT2D eigenvalue weighted by atomic mass is 35.5. The van der Waals surface area contributed by atoms with Crippen LogP contribution in [0.4, 0.5) is 10.8 Å². The van der Waals surface area contributed by atoms with Gasteiger partial charge in [-0.05, 0) is 29.8 Å². The number of thiazole rings is 1. The smallest absolute Gasteiger partial charge is 0.288 e. The van der Waals surface area contributed by atoms with Crippen LogP contribution in [-0.4, -0.2) is 47.0 Å². The van der Waals surface area contributed by atoms with Crippen molar-refractivity contribution in [3.63, 3.8) is 0 Å². The van der Waals surface area contributed by atoms with Gasteiger partial charge in [0, 0.05) is 31.3 Å². The Balaban J connectivity index is 1.50. The number of morpholine rings is 1. The Morgan fingerprint density at radius 2 is 2.07 bits per heavy atom. The zero-order valence-corrected chi connectivity index (χ0v) is 16.8. The van der Waals surface area contributed by atoms with E-state index in [-0.39, 0.29) is 16.3 Å². The third-order valence-electron chi connectivity index (χ3n) is 4.59. The topological polar surface area (TPSA) is 97.6 Å². The standard InChI is InChI=1S/C19H17ClN4O4S/c20-14-3-2-13(10-16(14)24(26)27)18(25)22-19-21-15-4-1-12(9-17(15)29-19)11-23-5-7-28-8-6-23/h1-4,9-10H,5-8,11H2,(H,21,22,25). The summed E-state index contributed by atoms with van der Waals surface area (Å²) in [5.41, 5.74) is 1.80. The van der Waals surface area contributed by atoms with E-state index in [4.69, 9.17) is 16.3 Å². The number of nitro groups is 1. The lowest BCUT2D eigenvalue weighted by Crippen LogP contribution is -2.35. The molecule has 0 atom stereocenters. The van der Waals surface area contributed by atoms with Crippen LogP contribution in [0.1, 0.15) is 15.9 Å². The zero-order valence-electron chi connectivity index (χ0n) is 15.3. The minimum atomic E-state index is -0.618. The van der Waals surface area contributed by atoms with Gasteiger partial charge in [0.25, 0.3) is 11.6 Å². The number of anilines is 1. The summed E-state index contributed by atoms with van der Waals surface area (Å²) in [6, 6.07) is 9.98. The molecule has 0 saturated carbocycles. The van der Waals surface area contributed by atoms with Gasteiger partial charge in [0.05, 0.1) is 28.4 Å². The van der Waals surface area contributed by atoms with Crippen LogP contribution in [0.3, 0.4) is 0 Å². The number of nitro benzene ring substituents is 1. The molecule has 1 N–H and O–H groups in total. The molecule has 0 spiro atoms. The first kappa shape index (κ1) is 19.7. The van der Waals surface area contributed by atoms with E-state index in [9.17, 15) is 14.9 Å². The summed E-state index contributed by atoms with van der Waals surface area (Å²) in [5, 5.41) is 14.1. The lowest BCUT2D eigenvalue weighted by molar-refractivity contribution is -0.384. The Morgan fingerprint density at radius 1 is 1.28 bits per heavy atom. The molecule has 1 fully saturated rings. The van der Waals surface area contributed by atoms with E-state index in [1.807, 2.05) is 12.1 Å². The fraction of sp³-hybridized carbons (Fsp3) is 0.263. The molecular weight excluding hydrogens is 416 g/mol. The highest BCUT2D eigenvalue weighted by molar-refractivity contribution is 7.22. The molecular formula is C19H17ClN4O4S. The molecule has 10 heteroatoms. The number of amides is 1. The maximum absolute atomic E-state index is 12.5. The van der Waals surface area contributed by atoms with Crippen molar-refractivity contribution in [2.24, 2.45) is 0 Å². The van der Waals surface area contributed by atoms with Gasteiger partial charge in [-0.1, -0.05) is 29.0 Å².